The molecule has 248 valence electrons. The van der Waals surface area contributed by atoms with E-state index in [2.05, 4.69) is 15.6 Å². The van der Waals surface area contributed by atoms with Crippen LogP contribution in [0.1, 0.15) is 63.8 Å². The van der Waals surface area contributed by atoms with Gasteiger partial charge in [-0.05, 0) is 48.4 Å². The second-order valence-electron chi connectivity index (χ2n) is 12.2. The van der Waals surface area contributed by atoms with Crippen LogP contribution in [-0.2, 0) is 33.8 Å². The van der Waals surface area contributed by atoms with Crippen LogP contribution in [0.5, 0.6) is 0 Å². The normalized spacial score (nSPS) is 18.6. The van der Waals surface area contributed by atoms with Crippen molar-refractivity contribution in [2.45, 2.75) is 84.0 Å². The van der Waals surface area contributed by atoms with E-state index in [1.165, 1.54) is 30.3 Å². The van der Waals surface area contributed by atoms with E-state index in [1.54, 1.807) is 26.8 Å². The fraction of sp³-hybridized carbons (Fsp3) is 0.455. The minimum Gasteiger partial charge on any atom is -0.465 e. The van der Waals surface area contributed by atoms with Crippen molar-refractivity contribution in [1.82, 2.24) is 20.5 Å². The second kappa shape index (κ2) is 14.1. The predicted octanol–water partition coefficient (Wildman–Crippen LogP) is 5.05. The first-order valence-electron chi connectivity index (χ1n) is 15.4. The summed E-state index contributed by atoms with van der Waals surface area (Å²) in [5.74, 6) is -4.29. The van der Waals surface area contributed by atoms with E-state index in [4.69, 9.17) is 17.3 Å². The number of aryl methyl sites for hydroxylation is 1. The molecule has 1 aromatic heterocycles. The summed E-state index contributed by atoms with van der Waals surface area (Å²) in [6.45, 7) is 6.68. The highest BCUT2D eigenvalue weighted by atomic mass is 35.5. The molecule has 0 radical (unpaired) electrons. The molecular formula is C33H40ClF2N5O5. The Morgan fingerprint density at radius 1 is 1.11 bits per heavy atom. The molecule has 3 aromatic rings. The van der Waals surface area contributed by atoms with Crippen molar-refractivity contribution in [3.8, 4) is 0 Å². The molecule has 0 aliphatic heterocycles. The molecule has 1 heterocycles. The van der Waals surface area contributed by atoms with Crippen LogP contribution in [0.25, 0.3) is 10.9 Å². The zero-order valence-electron chi connectivity index (χ0n) is 26.3. The number of rotatable bonds is 12. The van der Waals surface area contributed by atoms with E-state index < -0.39 is 65.5 Å². The molecule has 2 aromatic carbocycles. The first kappa shape index (κ1) is 34.7. The van der Waals surface area contributed by atoms with Gasteiger partial charge >= 0.3 is 6.09 Å². The van der Waals surface area contributed by atoms with Crippen LogP contribution in [0, 0.1) is 23.5 Å². The van der Waals surface area contributed by atoms with Crippen molar-refractivity contribution in [3.63, 3.8) is 0 Å². The van der Waals surface area contributed by atoms with Gasteiger partial charge in [-0.25, -0.2) is 13.6 Å². The molecule has 0 saturated carbocycles. The second-order valence-corrected chi connectivity index (χ2v) is 12.6. The smallest absolute Gasteiger partial charge is 0.408 e. The van der Waals surface area contributed by atoms with Gasteiger partial charge in [0.05, 0.1) is 17.1 Å². The Morgan fingerprint density at radius 2 is 1.78 bits per heavy atom. The molecule has 1 aliphatic rings. The number of aromatic amines is 1. The number of fused-ring (bicyclic) bond motifs is 3. The van der Waals surface area contributed by atoms with Crippen molar-refractivity contribution < 1.29 is 33.1 Å². The molecule has 0 fully saturated rings. The van der Waals surface area contributed by atoms with E-state index in [0.29, 0.717) is 35.0 Å². The summed E-state index contributed by atoms with van der Waals surface area (Å²) >= 11 is 6.33. The number of carbonyl (C=O) groups excluding carboxylic acids is 3. The van der Waals surface area contributed by atoms with Gasteiger partial charge in [0.2, 0.25) is 17.7 Å². The van der Waals surface area contributed by atoms with Crippen molar-refractivity contribution in [2.75, 3.05) is 0 Å². The van der Waals surface area contributed by atoms with Crippen LogP contribution in [0.4, 0.5) is 13.6 Å². The first-order chi connectivity index (χ1) is 21.7. The number of primary amides is 1. The summed E-state index contributed by atoms with van der Waals surface area (Å²) in [7, 11) is 0. The van der Waals surface area contributed by atoms with Gasteiger partial charge < -0.3 is 26.5 Å². The van der Waals surface area contributed by atoms with E-state index in [-0.39, 0.29) is 35.8 Å². The lowest BCUT2D eigenvalue weighted by Crippen LogP contribution is -2.67. The van der Waals surface area contributed by atoms with Crippen molar-refractivity contribution in [3.05, 3.63) is 69.9 Å². The van der Waals surface area contributed by atoms with Crippen LogP contribution in [0.3, 0.4) is 0 Å². The Balaban J connectivity index is 1.80. The van der Waals surface area contributed by atoms with Gasteiger partial charge in [0.1, 0.15) is 29.3 Å². The van der Waals surface area contributed by atoms with Gasteiger partial charge in [-0.3, -0.25) is 19.3 Å². The summed E-state index contributed by atoms with van der Waals surface area (Å²) < 4.78 is 29.1. The van der Waals surface area contributed by atoms with Crippen molar-refractivity contribution >= 4 is 46.3 Å². The third kappa shape index (κ3) is 6.96. The van der Waals surface area contributed by atoms with Crippen LogP contribution < -0.4 is 16.4 Å². The van der Waals surface area contributed by atoms with Crippen molar-refractivity contribution in [1.29, 1.82) is 0 Å². The lowest BCUT2D eigenvalue weighted by molar-refractivity contribution is -0.139. The standard InChI is InChI=1S/C33H40ClF2N5O5/c1-5-17(3)26(29(37)42)39-31(44)33(12-11-25-22(15-33)21-13-20(35)14-23(34)27(21)38-25)40-30(43)28(18(4)6-2)41(32(45)46)16-19-9-7-8-10-24(19)36/h7-10,13-14,17-18,26,28,38H,5-6,11-12,15-16H2,1-4H3,(H2,37,42)(H,39,44)(H,40,43)(H,45,46)/t17?,18?,26-,28-,33+/m0/s1. The van der Waals surface area contributed by atoms with Crippen LogP contribution >= 0.6 is 11.6 Å². The fourth-order valence-electron chi connectivity index (χ4n) is 6.17. The van der Waals surface area contributed by atoms with E-state index in [0.717, 1.165) is 4.90 Å². The highest BCUT2D eigenvalue weighted by Crippen LogP contribution is 2.38. The number of H-pyrrole nitrogens is 1. The zero-order chi connectivity index (χ0) is 33.9. The lowest BCUT2D eigenvalue weighted by Gasteiger charge is -2.41. The molecule has 4 rings (SSSR count). The van der Waals surface area contributed by atoms with Gasteiger partial charge in [0.25, 0.3) is 0 Å². The number of benzene rings is 2. The number of carboxylic acid groups (broad SMARTS) is 1. The van der Waals surface area contributed by atoms with Crippen molar-refractivity contribution in [2.24, 2.45) is 17.6 Å². The largest absolute Gasteiger partial charge is 0.465 e. The number of amides is 4. The third-order valence-corrected chi connectivity index (χ3v) is 9.53. The molecule has 5 atom stereocenters. The highest BCUT2D eigenvalue weighted by molar-refractivity contribution is 6.35. The summed E-state index contributed by atoms with van der Waals surface area (Å²) in [5, 5.41) is 16.4. The van der Waals surface area contributed by atoms with E-state index in [9.17, 15) is 33.1 Å². The predicted molar refractivity (Wildman–Crippen MR) is 170 cm³/mol. The van der Waals surface area contributed by atoms with Gasteiger partial charge in [-0.1, -0.05) is 70.3 Å². The number of aromatic nitrogens is 1. The highest BCUT2D eigenvalue weighted by Gasteiger charge is 2.47. The molecule has 0 saturated heterocycles. The Hall–Kier alpha value is -4.19. The van der Waals surface area contributed by atoms with Gasteiger partial charge in [-0.15, -0.1) is 0 Å². The minimum absolute atomic E-state index is 0.0596. The van der Waals surface area contributed by atoms with Crippen LogP contribution in [-0.4, -0.2) is 56.4 Å². The number of carbonyl (C=O) groups is 4. The lowest BCUT2D eigenvalue weighted by atomic mass is 9.78. The maximum absolute atomic E-state index is 14.6. The molecule has 46 heavy (non-hydrogen) atoms. The SMILES string of the molecule is CCC(C)[C@H](NC(=O)[C@@]1(NC(=O)[C@H](C(C)CC)N(Cc2ccccc2F)C(=O)O)CCc2[nH]c3c(Cl)cc(F)cc3c2C1)C(N)=O. The number of halogens is 3. The molecule has 13 heteroatoms. The number of nitrogens with one attached hydrogen (secondary N) is 3. The monoisotopic (exact) mass is 659 g/mol. The number of hydrogen-bond acceptors (Lipinski definition) is 4. The number of nitrogens with two attached hydrogens (primary N) is 1. The number of nitrogens with zero attached hydrogens (tertiary/aromatic N) is 1. The first-order valence-corrected chi connectivity index (χ1v) is 15.7. The molecule has 6 N–H and O–H groups in total. The third-order valence-electron chi connectivity index (χ3n) is 9.24. The summed E-state index contributed by atoms with van der Waals surface area (Å²) in [6.07, 6.45) is -0.340. The Bertz CT molecular complexity index is 1650. The van der Waals surface area contributed by atoms with Crippen LogP contribution in [0.2, 0.25) is 5.02 Å². The minimum atomic E-state index is -1.69. The quantitative estimate of drug-likeness (QED) is 0.184. The molecule has 10 nitrogen and oxygen atoms in total. The Labute approximate surface area is 271 Å². The molecule has 0 spiro atoms. The fourth-order valence-corrected chi connectivity index (χ4v) is 6.43. The zero-order valence-corrected chi connectivity index (χ0v) is 27.0. The molecule has 1 aliphatic carbocycles. The van der Waals surface area contributed by atoms with E-state index >= 15 is 0 Å². The average Bonchev–Trinajstić information content (AvgIpc) is 3.37. The Kier molecular flexibility index (Phi) is 10.6. The molecule has 4 amide bonds. The summed E-state index contributed by atoms with van der Waals surface area (Å²) in [6, 6.07) is 5.78. The maximum atomic E-state index is 14.6. The summed E-state index contributed by atoms with van der Waals surface area (Å²) in [4.78, 5) is 57.7. The molecule has 0 bridgehead atoms. The topological polar surface area (TPSA) is 158 Å². The van der Waals surface area contributed by atoms with Gasteiger partial charge in [-0.2, -0.15) is 0 Å². The van der Waals surface area contributed by atoms with Gasteiger partial charge in [0.15, 0.2) is 0 Å². The maximum Gasteiger partial charge on any atom is 0.408 e. The molecular weight excluding hydrogens is 620 g/mol. The van der Waals surface area contributed by atoms with Gasteiger partial charge in [0, 0.05) is 23.1 Å². The number of hydrogen-bond donors (Lipinski definition) is 5. The molecule has 2 unspecified atom stereocenters. The van der Waals surface area contributed by atoms with Crippen LogP contribution in [0.15, 0.2) is 36.4 Å². The van der Waals surface area contributed by atoms with E-state index in [1.807, 2.05) is 6.92 Å². The summed E-state index contributed by atoms with van der Waals surface area (Å²) in [5.41, 5.74) is 5.79. The Morgan fingerprint density at radius 3 is 2.39 bits per heavy atom. The average molecular weight is 660 g/mol.